The second kappa shape index (κ2) is 5.14. The fraction of sp³-hybridized carbons (Fsp3) is 0.571. The highest BCUT2D eigenvalue weighted by molar-refractivity contribution is 5.49. The summed E-state index contributed by atoms with van der Waals surface area (Å²) >= 11 is 0. The van der Waals surface area contributed by atoms with Crippen molar-refractivity contribution in [1.29, 1.82) is 0 Å². The highest BCUT2D eigenvalue weighted by Crippen LogP contribution is 2.40. The van der Waals surface area contributed by atoms with E-state index in [4.69, 9.17) is 9.47 Å². The first kappa shape index (κ1) is 13.1. The molecular weight excluding hydrogens is 233 g/mol. The second-order valence-electron chi connectivity index (χ2n) is 4.86. The molecule has 0 bridgehead atoms. The number of rotatable bonds is 4. The van der Waals surface area contributed by atoms with Crippen LogP contribution in [0.1, 0.15) is 30.9 Å². The molecular formula is C14H20FNO2. The van der Waals surface area contributed by atoms with E-state index in [1.54, 1.807) is 20.3 Å². The summed E-state index contributed by atoms with van der Waals surface area (Å²) in [5.74, 6) is 1.31. The van der Waals surface area contributed by atoms with Crippen LogP contribution in [-0.2, 0) is 12.2 Å². The van der Waals surface area contributed by atoms with Gasteiger partial charge in [0.15, 0.2) is 0 Å². The minimum absolute atomic E-state index is 0.118. The van der Waals surface area contributed by atoms with Gasteiger partial charge >= 0.3 is 0 Å². The van der Waals surface area contributed by atoms with E-state index < -0.39 is 6.67 Å². The first-order chi connectivity index (χ1) is 8.64. The molecule has 1 aliphatic heterocycles. The van der Waals surface area contributed by atoms with Crippen LogP contribution in [0.15, 0.2) is 12.1 Å². The molecule has 0 amide bonds. The molecule has 18 heavy (non-hydrogen) atoms. The van der Waals surface area contributed by atoms with E-state index in [1.807, 2.05) is 6.07 Å². The van der Waals surface area contributed by atoms with E-state index in [0.29, 0.717) is 11.3 Å². The lowest BCUT2D eigenvalue weighted by Gasteiger charge is -2.28. The van der Waals surface area contributed by atoms with Crippen molar-refractivity contribution in [2.45, 2.75) is 32.0 Å². The fourth-order valence-corrected chi connectivity index (χ4v) is 2.62. The first-order valence-corrected chi connectivity index (χ1v) is 6.21. The van der Waals surface area contributed by atoms with E-state index in [2.05, 4.69) is 12.2 Å². The molecule has 1 aromatic rings. The van der Waals surface area contributed by atoms with Gasteiger partial charge in [0.05, 0.1) is 14.2 Å². The normalized spacial score (nSPS) is 23.1. The first-order valence-electron chi connectivity index (χ1n) is 6.21. The summed E-state index contributed by atoms with van der Waals surface area (Å²) in [7, 11) is 3.18. The topological polar surface area (TPSA) is 30.5 Å². The Hall–Kier alpha value is -1.29. The third kappa shape index (κ3) is 2.17. The monoisotopic (exact) mass is 253 g/mol. The highest BCUT2D eigenvalue weighted by atomic mass is 19.1. The molecule has 2 rings (SSSR count). The van der Waals surface area contributed by atoms with Crippen molar-refractivity contribution in [2.75, 3.05) is 20.8 Å². The van der Waals surface area contributed by atoms with Crippen molar-refractivity contribution in [2.24, 2.45) is 0 Å². The zero-order chi connectivity index (χ0) is 13.2. The largest absolute Gasteiger partial charge is 0.496 e. The molecule has 1 aliphatic rings. The maximum Gasteiger partial charge on any atom is 0.125 e. The van der Waals surface area contributed by atoms with Crippen molar-refractivity contribution in [3.63, 3.8) is 0 Å². The van der Waals surface area contributed by atoms with Crippen LogP contribution in [0, 0.1) is 0 Å². The average molecular weight is 253 g/mol. The van der Waals surface area contributed by atoms with E-state index >= 15 is 0 Å². The average Bonchev–Trinajstić information content (AvgIpc) is 2.85. The maximum absolute atomic E-state index is 12.9. The number of hydrogen-bond acceptors (Lipinski definition) is 3. The van der Waals surface area contributed by atoms with Gasteiger partial charge in [-0.15, -0.1) is 0 Å². The second-order valence-corrected chi connectivity index (χ2v) is 4.86. The quantitative estimate of drug-likeness (QED) is 0.895. The maximum atomic E-state index is 12.9. The molecule has 1 N–H and O–H groups in total. The predicted molar refractivity (Wildman–Crippen MR) is 68.9 cm³/mol. The summed E-state index contributed by atoms with van der Waals surface area (Å²) in [6, 6.07) is 3.63. The Bertz CT molecular complexity index is 428. The summed E-state index contributed by atoms with van der Waals surface area (Å²) < 4.78 is 23.6. The minimum atomic E-state index is -0.552. The fourth-order valence-electron chi connectivity index (χ4n) is 2.62. The Morgan fingerprint density at radius 1 is 1.28 bits per heavy atom. The highest BCUT2D eigenvalue weighted by Gasteiger charge is 2.33. The van der Waals surface area contributed by atoms with Gasteiger partial charge < -0.3 is 14.8 Å². The standard InChI is InChI=1S/C14H20FNO2/c1-14(5-4-6-16-14)11-8-12(17-2)10(9-15)7-13(11)18-3/h7-8,16H,4-6,9H2,1-3H3. The van der Waals surface area contributed by atoms with Crippen LogP contribution in [0.5, 0.6) is 11.5 Å². The third-order valence-corrected chi connectivity index (χ3v) is 3.71. The van der Waals surface area contributed by atoms with Crippen LogP contribution in [0.3, 0.4) is 0 Å². The minimum Gasteiger partial charge on any atom is -0.496 e. The molecule has 1 fully saturated rings. The number of alkyl halides is 1. The van der Waals surface area contributed by atoms with Crippen molar-refractivity contribution in [3.05, 3.63) is 23.3 Å². The SMILES string of the molecule is COc1cc(C2(C)CCCN2)c(OC)cc1CF. The van der Waals surface area contributed by atoms with Gasteiger partial charge in [0.2, 0.25) is 0 Å². The Morgan fingerprint density at radius 3 is 2.50 bits per heavy atom. The number of nitrogens with one attached hydrogen (secondary N) is 1. The van der Waals surface area contributed by atoms with E-state index in [1.165, 1.54) is 0 Å². The molecule has 1 aromatic carbocycles. The molecule has 100 valence electrons. The Morgan fingerprint density at radius 2 is 2.00 bits per heavy atom. The molecule has 0 aromatic heterocycles. The predicted octanol–water partition coefficient (Wildman–Crippen LogP) is 2.77. The lowest BCUT2D eigenvalue weighted by molar-refractivity contribution is 0.357. The third-order valence-electron chi connectivity index (χ3n) is 3.71. The van der Waals surface area contributed by atoms with Crippen molar-refractivity contribution < 1.29 is 13.9 Å². The molecule has 1 saturated heterocycles. The van der Waals surface area contributed by atoms with Gasteiger partial charge in [-0.2, -0.15) is 0 Å². The van der Waals surface area contributed by atoms with Crippen molar-refractivity contribution in [3.8, 4) is 11.5 Å². The van der Waals surface area contributed by atoms with Crippen molar-refractivity contribution >= 4 is 0 Å². The lowest BCUT2D eigenvalue weighted by atomic mass is 9.88. The van der Waals surface area contributed by atoms with E-state index in [0.717, 1.165) is 30.7 Å². The number of ether oxygens (including phenoxy) is 2. The van der Waals surface area contributed by atoms with Crippen LogP contribution >= 0.6 is 0 Å². The molecule has 0 aliphatic carbocycles. The van der Waals surface area contributed by atoms with Crippen molar-refractivity contribution in [1.82, 2.24) is 5.32 Å². The summed E-state index contributed by atoms with van der Waals surface area (Å²) in [6.07, 6.45) is 2.17. The number of benzene rings is 1. The number of methoxy groups -OCH3 is 2. The van der Waals surface area contributed by atoms with Crippen LogP contribution in [0.2, 0.25) is 0 Å². The molecule has 4 heteroatoms. The van der Waals surface area contributed by atoms with Crippen LogP contribution in [0.25, 0.3) is 0 Å². The zero-order valence-electron chi connectivity index (χ0n) is 11.2. The summed E-state index contributed by atoms with van der Waals surface area (Å²) in [4.78, 5) is 0. The molecule has 0 saturated carbocycles. The summed E-state index contributed by atoms with van der Waals surface area (Å²) in [5.41, 5.74) is 1.45. The molecule has 1 heterocycles. The van der Waals surface area contributed by atoms with Gasteiger partial charge in [0.1, 0.15) is 18.2 Å². The molecule has 0 spiro atoms. The molecule has 1 unspecified atom stereocenters. The van der Waals surface area contributed by atoms with Gasteiger partial charge in [-0.05, 0) is 38.4 Å². The van der Waals surface area contributed by atoms with Gasteiger partial charge in [-0.1, -0.05) is 0 Å². The van der Waals surface area contributed by atoms with Gasteiger partial charge in [0, 0.05) is 16.7 Å². The Labute approximate surface area is 107 Å². The number of halogens is 1. The van der Waals surface area contributed by atoms with Crippen LogP contribution in [-0.4, -0.2) is 20.8 Å². The summed E-state index contributed by atoms with van der Waals surface area (Å²) in [6.45, 7) is 2.59. The smallest absolute Gasteiger partial charge is 0.125 e. The van der Waals surface area contributed by atoms with Crippen LogP contribution in [0.4, 0.5) is 4.39 Å². The van der Waals surface area contributed by atoms with E-state index in [-0.39, 0.29) is 5.54 Å². The molecule has 1 atom stereocenters. The Balaban J connectivity index is 2.51. The molecule has 3 nitrogen and oxygen atoms in total. The summed E-state index contributed by atoms with van der Waals surface area (Å²) in [5, 5.41) is 3.48. The zero-order valence-corrected chi connectivity index (χ0v) is 11.2. The lowest BCUT2D eigenvalue weighted by Crippen LogP contribution is -2.33. The van der Waals surface area contributed by atoms with Gasteiger partial charge in [0.25, 0.3) is 0 Å². The number of hydrogen-bond donors (Lipinski definition) is 1. The van der Waals surface area contributed by atoms with Gasteiger partial charge in [-0.25, -0.2) is 4.39 Å². The van der Waals surface area contributed by atoms with Crippen LogP contribution < -0.4 is 14.8 Å². The molecule has 0 radical (unpaired) electrons. The van der Waals surface area contributed by atoms with Gasteiger partial charge in [-0.3, -0.25) is 0 Å². The van der Waals surface area contributed by atoms with E-state index in [9.17, 15) is 4.39 Å². The Kier molecular flexibility index (Phi) is 3.76.